The number of aromatic nitrogens is 2. The maximum Gasteiger partial charge on any atom is 0.406 e. The fourth-order valence-electron chi connectivity index (χ4n) is 5.01. The average Bonchev–Trinajstić information content (AvgIpc) is 3.28. The number of likely N-dealkylation sites (N-methyl/N-ethyl adjacent to an activating group) is 1. The van der Waals surface area contributed by atoms with Crippen LogP contribution in [0, 0.1) is 11.8 Å². The fraction of sp³-hybridized carbons (Fsp3) is 0.500. The first kappa shape index (κ1) is 33.4. The van der Waals surface area contributed by atoms with E-state index in [0.717, 1.165) is 37.9 Å². The second-order valence-electron chi connectivity index (χ2n) is 11.1. The molecule has 0 atom stereocenters. The van der Waals surface area contributed by atoms with Crippen LogP contribution in [0.25, 0.3) is 10.9 Å². The van der Waals surface area contributed by atoms with Crippen LogP contribution < -0.4 is 15.4 Å². The largest absolute Gasteiger partial charge is 0.490 e. The van der Waals surface area contributed by atoms with Crippen molar-refractivity contribution >= 4 is 32.1 Å². The Balaban J connectivity index is 1.55. The van der Waals surface area contributed by atoms with E-state index in [-0.39, 0.29) is 35.7 Å². The predicted molar refractivity (Wildman–Crippen MR) is 165 cm³/mol. The maximum atomic E-state index is 13.6. The number of hydrogen-bond acceptors (Lipinski definition) is 9. The molecule has 240 valence electrons. The summed E-state index contributed by atoms with van der Waals surface area (Å²) in [6.07, 6.45) is -0.330. The number of piperidine rings is 1. The van der Waals surface area contributed by atoms with Gasteiger partial charge in [0.2, 0.25) is 0 Å². The van der Waals surface area contributed by atoms with Crippen molar-refractivity contribution in [3.05, 3.63) is 42.2 Å². The molecule has 3 N–H and O–H groups in total. The number of aliphatic hydroxyl groups excluding tert-OH is 1. The van der Waals surface area contributed by atoms with Gasteiger partial charge in [0.1, 0.15) is 18.9 Å². The van der Waals surface area contributed by atoms with Crippen LogP contribution in [0.1, 0.15) is 18.5 Å². The third-order valence-corrected chi connectivity index (χ3v) is 8.23. The van der Waals surface area contributed by atoms with E-state index in [9.17, 15) is 26.7 Å². The molecule has 3 aromatic rings. The summed E-state index contributed by atoms with van der Waals surface area (Å²) in [5.74, 6) is 6.07. The van der Waals surface area contributed by atoms with Crippen LogP contribution in [0.15, 0.2) is 41.6 Å². The van der Waals surface area contributed by atoms with E-state index in [1.54, 1.807) is 18.2 Å². The van der Waals surface area contributed by atoms with Gasteiger partial charge in [-0.15, -0.1) is 0 Å². The number of anilines is 2. The number of nitrogens with zero attached hydrogens (tertiary/aromatic N) is 4. The molecule has 0 unspecified atom stereocenters. The molecule has 0 radical (unpaired) electrons. The minimum absolute atomic E-state index is 0.0506. The summed E-state index contributed by atoms with van der Waals surface area (Å²) in [6, 6.07) is 8.44. The molecule has 0 bridgehead atoms. The first-order chi connectivity index (χ1) is 20.8. The third-order valence-electron chi connectivity index (χ3n) is 7.25. The van der Waals surface area contributed by atoms with E-state index in [2.05, 4.69) is 32.4 Å². The van der Waals surface area contributed by atoms with Gasteiger partial charge in [-0.3, -0.25) is 0 Å². The zero-order chi connectivity index (χ0) is 31.9. The highest BCUT2D eigenvalue weighted by Crippen LogP contribution is 2.31. The molecule has 2 aromatic heterocycles. The molecular formula is C30H39F3N6O4S. The lowest BCUT2D eigenvalue weighted by Gasteiger charge is -2.32. The quantitative estimate of drug-likeness (QED) is 0.258. The number of ether oxygens (including phenoxy) is 1. The molecule has 1 aliphatic heterocycles. The monoisotopic (exact) mass is 636 g/mol. The van der Waals surface area contributed by atoms with E-state index in [1.165, 1.54) is 16.8 Å². The van der Waals surface area contributed by atoms with E-state index in [0.29, 0.717) is 36.3 Å². The van der Waals surface area contributed by atoms with Crippen molar-refractivity contribution in [3.8, 4) is 17.6 Å². The van der Waals surface area contributed by atoms with E-state index in [1.807, 2.05) is 25.1 Å². The second kappa shape index (κ2) is 14.5. The Kier molecular flexibility index (Phi) is 11.0. The molecule has 0 aliphatic carbocycles. The molecule has 1 fully saturated rings. The Bertz CT molecular complexity index is 1590. The highest BCUT2D eigenvalue weighted by atomic mass is 32.2. The Morgan fingerprint density at radius 2 is 1.93 bits per heavy atom. The number of hydrogen-bond donors (Lipinski definition) is 3. The van der Waals surface area contributed by atoms with E-state index in [4.69, 9.17) is 4.74 Å². The fourth-order valence-corrected chi connectivity index (χ4v) is 5.58. The summed E-state index contributed by atoms with van der Waals surface area (Å²) in [4.78, 5) is 8.11. The lowest BCUT2D eigenvalue weighted by Crippen LogP contribution is -2.40. The Morgan fingerprint density at radius 1 is 1.18 bits per heavy atom. The number of likely N-dealkylation sites (tertiary alicyclic amines) is 1. The van der Waals surface area contributed by atoms with Crippen molar-refractivity contribution in [2.75, 3.05) is 76.9 Å². The van der Waals surface area contributed by atoms with Crippen LogP contribution in [0.3, 0.4) is 0 Å². The Morgan fingerprint density at radius 3 is 2.59 bits per heavy atom. The number of rotatable bonds is 12. The van der Waals surface area contributed by atoms with E-state index < -0.39 is 22.6 Å². The SMILES string of the molecule is CN(C)CCOc1cc(S(C)(=O)=O)ncc1NCC#Cc1cc2c(NC3CCN(CCO)CC3)cccc2n1CC(F)(F)F. The lowest BCUT2D eigenvalue weighted by atomic mass is 10.0. The molecule has 44 heavy (non-hydrogen) atoms. The number of alkyl halides is 3. The van der Waals surface area contributed by atoms with E-state index >= 15 is 0 Å². The van der Waals surface area contributed by atoms with Gasteiger partial charge in [0.25, 0.3) is 0 Å². The highest BCUT2D eigenvalue weighted by Gasteiger charge is 2.30. The molecule has 3 heterocycles. The van der Waals surface area contributed by atoms with Crippen molar-refractivity contribution in [3.63, 3.8) is 0 Å². The number of aliphatic hydroxyl groups is 1. The topological polar surface area (TPSA) is 112 Å². The van der Waals surface area contributed by atoms with Crippen molar-refractivity contribution in [1.29, 1.82) is 0 Å². The standard InChI is InChI=1S/C30H39F3N6O4S/c1-37(2)15-17-43-28-19-29(44(3,41)42)35-20-26(28)34-11-5-6-23-18-24-25(36-22-9-12-38(13-10-22)14-16-40)7-4-8-27(24)39(23)21-30(31,32)33/h4,7-8,18-20,22,34,36,40H,9-17,21H2,1-3H3. The molecule has 0 spiro atoms. The van der Waals surface area contributed by atoms with Crippen LogP contribution in [0.4, 0.5) is 24.5 Å². The summed E-state index contributed by atoms with van der Waals surface area (Å²) in [7, 11) is 0.200. The normalized spacial score (nSPS) is 14.9. The molecular weight excluding hydrogens is 597 g/mol. The molecule has 10 nitrogen and oxygen atoms in total. The van der Waals surface area contributed by atoms with Crippen molar-refractivity contribution < 1.29 is 31.4 Å². The molecule has 4 rings (SSSR count). The van der Waals surface area contributed by atoms with Crippen LogP contribution >= 0.6 is 0 Å². The molecule has 1 aromatic carbocycles. The van der Waals surface area contributed by atoms with Crippen LogP contribution in [0.5, 0.6) is 5.75 Å². The molecule has 14 heteroatoms. The summed E-state index contributed by atoms with van der Waals surface area (Å²) in [6.45, 7) is 2.18. The summed E-state index contributed by atoms with van der Waals surface area (Å²) in [5, 5.41) is 16.3. The summed E-state index contributed by atoms with van der Waals surface area (Å²) < 4.78 is 71.9. The van der Waals surface area contributed by atoms with Crippen LogP contribution in [-0.2, 0) is 16.4 Å². The van der Waals surface area contributed by atoms with Crippen molar-refractivity contribution in [2.45, 2.75) is 36.6 Å². The number of pyridine rings is 1. The minimum atomic E-state index is -4.45. The second-order valence-corrected chi connectivity index (χ2v) is 13.0. The number of fused-ring (bicyclic) bond motifs is 1. The first-order valence-corrected chi connectivity index (χ1v) is 16.2. The first-order valence-electron chi connectivity index (χ1n) is 14.3. The zero-order valence-corrected chi connectivity index (χ0v) is 25.9. The van der Waals surface area contributed by atoms with Crippen molar-refractivity contribution in [2.24, 2.45) is 0 Å². The van der Waals surface area contributed by atoms with Gasteiger partial charge < -0.3 is 34.8 Å². The summed E-state index contributed by atoms with van der Waals surface area (Å²) in [5.41, 5.74) is 1.82. The molecule has 0 amide bonds. The average molecular weight is 637 g/mol. The van der Waals surface area contributed by atoms with Gasteiger partial charge >= 0.3 is 6.18 Å². The van der Waals surface area contributed by atoms with Gasteiger partial charge in [0, 0.05) is 55.6 Å². The van der Waals surface area contributed by atoms with Gasteiger partial charge in [-0.2, -0.15) is 13.2 Å². The zero-order valence-electron chi connectivity index (χ0n) is 25.1. The maximum absolute atomic E-state index is 13.6. The number of nitrogens with one attached hydrogen (secondary N) is 2. The van der Waals surface area contributed by atoms with Crippen LogP contribution in [0.2, 0.25) is 0 Å². The third kappa shape index (κ3) is 9.25. The Hall–Kier alpha value is -3.51. The summed E-state index contributed by atoms with van der Waals surface area (Å²) >= 11 is 0. The van der Waals surface area contributed by atoms with Gasteiger partial charge in [-0.25, -0.2) is 13.4 Å². The van der Waals surface area contributed by atoms with Gasteiger partial charge in [0.15, 0.2) is 14.9 Å². The molecule has 1 aliphatic rings. The smallest absolute Gasteiger partial charge is 0.406 e. The number of sulfone groups is 1. The number of halogens is 3. The predicted octanol–water partition coefficient (Wildman–Crippen LogP) is 3.27. The number of β-amino-alcohol motifs (C(OH)–C–C–N with tert-alkyl or cyclic N) is 1. The number of benzene rings is 1. The van der Waals surface area contributed by atoms with Crippen molar-refractivity contribution in [1.82, 2.24) is 19.4 Å². The minimum Gasteiger partial charge on any atom is -0.490 e. The van der Waals surface area contributed by atoms with Gasteiger partial charge in [0.05, 0.1) is 36.2 Å². The van der Waals surface area contributed by atoms with Gasteiger partial charge in [-0.1, -0.05) is 12.0 Å². The Labute approximate surface area is 256 Å². The van der Waals surface area contributed by atoms with Crippen LogP contribution in [-0.4, -0.2) is 111 Å². The molecule has 1 saturated heterocycles. The van der Waals surface area contributed by atoms with Gasteiger partial charge in [-0.05, 0) is 51.1 Å². The molecule has 0 saturated carbocycles. The highest BCUT2D eigenvalue weighted by molar-refractivity contribution is 7.90. The lowest BCUT2D eigenvalue weighted by molar-refractivity contribution is -0.140.